The first-order valence-corrected chi connectivity index (χ1v) is 8.04. The molecule has 3 aromatic rings. The summed E-state index contributed by atoms with van der Waals surface area (Å²) in [4.78, 5) is 18.2. The Kier molecular flexibility index (Phi) is 2.87. The number of carbonyl (C=O) groups is 1. The van der Waals surface area contributed by atoms with Crippen LogP contribution in [0.1, 0.15) is 0 Å². The number of aliphatic imine (C=N–C) groups is 1. The molecule has 2 amide bonds. The lowest BCUT2D eigenvalue weighted by Crippen LogP contribution is -2.25. The molecule has 0 unspecified atom stereocenters. The molecule has 0 saturated carbocycles. The molecule has 3 aromatic carbocycles. The van der Waals surface area contributed by atoms with E-state index >= 15 is 0 Å². The third-order valence-electron chi connectivity index (χ3n) is 4.40. The van der Waals surface area contributed by atoms with Gasteiger partial charge in [0.2, 0.25) is 0 Å². The van der Waals surface area contributed by atoms with Gasteiger partial charge in [0, 0.05) is 6.20 Å². The molecule has 2 aliphatic rings. The number of rotatable bonds is 1. The predicted octanol–water partition coefficient (Wildman–Crippen LogP) is 4.56. The molecule has 0 aliphatic carbocycles. The maximum atomic E-state index is 12.4. The molecule has 120 valence electrons. The zero-order valence-electron chi connectivity index (χ0n) is 13.2. The van der Waals surface area contributed by atoms with E-state index < -0.39 is 0 Å². The van der Waals surface area contributed by atoms with E-state index in [1.54, 1.807) is 4.90 Å². The van der Waals surface area contributed by atoms with E-state index in [-0.39, 0.29) is 6.03 Å². The second-order valence-corrected chi connectivity index (χ2v) is 5.96. The predicted molar refractivity (Wildman–Crippen MR) is 101 cm³/mol. The van der Waals surface area contributed by atoms with E-state index in [2.05, 4.69) is 39.9 Å². The van der Waals surface area contributed by atoms with Crippen molar-refractivity contribution in [2.45, 2.75) is 0 Å². The van der Waals surface area contributed by atoms with Crippen molar-refractivity contribution in [2.24, 2.45) is 4.99 Å². The van der Waals surface area contributed by atoms with E-state index in [9.17, 15) is 4.79 Å². The van der Waals surface area contributed by atoms with Crippen molar-refractivity contribution < 1.29 is 4.79 Å². The Morgan fingerprint density at radius 3 is 2.28 bits per heavy atom. The highest BCUT2D eigenvalue weighted by molar-refractivity contribution is 6.26. The molecule has 5 rings (SSSR count). The Balaban J connectivity index is 1.60. The number of carbonyl (C=O) groups excluding carboxylic acids is 1. The minimum Gasteiger partial charge on any atom is -0.358 e. The highest BCUT2D eigenvalue weighted by Gasteiger charge is 2.32. The maximum absolute atomic E-state index is 12.4. The first kappa shape index (κ1) is 13.8. The van der Waals surface area contributed by atoms with Crippen LogP contribution in [0.4, 0.5) is 21.9 Å². The van der Waals surface area contributed by atoms with Gasteiger partial charge in [-0.25, -0.2) is 4.79 Å². The number of nitrogens with zero attached hydrogens (tertiary/aromatic N) is 2. The summed E-state index contributed by atoms with van der Waals surface area (Å²) in [6, 6.07) is 21.5. The van der Waals surface area contributed by atoms with Crippen molar-refractivity contribution in [1.82, 2.24) is 0 Å². The highest BCUT2D eigenvalue weighted by atomic mass is 16.2. The summed E-state index contributed by atoms with van der Waals surface area (Å²) in [6.07, 6.45) is 1.82. The van der Waals surface area contributed by atoms with Crippen molar-refractivity contribution in [1.29, 1.82) is 0 Å². The van der Waals surface area contributed by atoms with Gasteiger partial charge in [0.05, 0.1) is 17.1 Å². The highest BCUT2D eigenvalue weighted by Crippen LogP contribution is 2.34. The van der Waals surface area contributed by atoms with E-state index in [0.29, 0.717) is 11.5 Å². The summed E-state index contributed by atoms with van der Waals surface area (Å²) in [7, 11) is 0. The number of nitrogens with one attached hydrogen (secondary N) is 2. The SMILES string of the molecule is O=C1N=C2Nc3cc4ccccc4cc3NC=C2N1c1ccccc1. The zero-order valence-corrected chi connectivity index (χ0v) is 13.2. The van der Waals surface area contributed by atoms with Crippen LogP contribution in [0.3, 0.4) is 0 Å². The number of amidine groups is 1. The van der Waals surface area contributed by atoms with Crippen LogP contribution in [0.25, 0.3) is 10.8 Å². The lowest BCUT2D eigenvalue weighted by Gasteiger charge is -2.16. The van der Waals surface area contributed by atoms with Gasteiger partial charge in [-0.1, -0.05) is 42.5 Å². The number of hydrogen-bond donors (Lipinski definition) is 2. The summed E-state index contributed by atoms with van der Waals surface area (Å²) in [5.74, 6) is 0.551. The zero-order chi connectivity index (χ0) is 16.8. The quantitative estimate of drug-likeness (QED) is 0.689. The number of amides is 2. The van der Waals surface area contributed by atoms with Gasteiger partial charge in [0.15, 0.2) is 5.84 Å². The molecule has 5 heteroatoms. The summed E-state index contributed by atoms with van der Waals surface area (Å²) in [5, 5.41) is 8.89. The number of para-hydroxylation sites is 1. The molecule has 25 heavy (non-hydrogen) atoms. The minimum absolute atomic E-state index is 0.300. The second-order valence-electron chi connectivity index (χ2n) is 5.96. The number of benzene rings is 3. The molecule has 0 bridgehead atoms. The van der Waals surface area contributed by atoms with Crippen molar-refractivity contribution in [3.05, 3.63) is 78.6 Å². The molecule has 0 radical (unpaired) electrons. The summed E-state index contributed by atoms with van der Waals surface area (Å²) < 4.78 is 0. The molecule has 0 atom stereocenters. The Morgan fingerprint density at radius 2 is 1.52 bits per heavy atom. The molecule has 0 aromatic heterocycles. The third kappa shape index (κ3) is 2.17. The Hall–Kier alpha value is -3.60. The molecule has 0 spiro atoms. The lowest BCUT2D eigenvalue weighted by atomic mass is 10.1. The van der Waals surface area contributed by atoms with Crippen molar-refractivity contribution in [2.75, 3.05) is 15.5 Å². The van der Waals surface area contributed by atoms with Crippen LogP contribution in [-0.4, -0.2) is 11.9 Å². The fourth-order valence-electron chi connectivity index (χ4n) is 3.20. The number of urea groups is 1. The van der Waals surface area contributed by atoms with Gasteiger partial charge in [-0.05, 0) is 35.0 Å². The van der Waals surface area contributed by atoms with Crippen LogP contribution in [-0.2, 0) is 0 Å². The Labute approximate surface area is 144 Å². The summed E-state index contributed by atoms with van der Waals surface area (Å²) in [6.45, 7) is 0. The van der Waals surface area contributed by atoms with Crippen LogP contribution >= 0.6 is 0 Å². The monoisotopic (exact) mass is 326 g/mol. The second kappa shape index (κ2) is 5.21. The Morgan fingerprint density at radius 1 is 0.840 bits per heavy atom. The van der Waals surface area contributed by atoms with Gasteiger partial charge in [-0.2, -0.15) is 4.99 Å². The first-order chi connectivity index (χ1) is 12.3. The number of anilines is 3. The average Bonchev–Trinajstić information content (AvgIpc) is 2.85. The molecule has 5 nitrogen and oxygen atoms in total. The third-order valence-corrected chi connectivity index (χ3v) is 4.40. The molecule has 2 heterocycles. The first-order valence-electron chi connectivity index (χ1n) is 8.04. The van der Waals surface area contributed by atoms with Gasteiger partial charge in [-0.15, -0.1) is 0 Å². The van der Waals surface area contributed by atoms with Crippen molar-refractivity contribution in [3.63, 3.8) is 0 Å². The number of fused-ring (bicyclic) bond motifs is 3. The van der Waals surface area contributed by atoms with Gasteiger partial charge in [0.1, 0.15) is 5.70 Å². The van der Waals surface area contributed by atoms with E-state index in [1.807, 2.05) is 48.7 Å². The van der Waals surface area contributed by atoms with E-state index in [4.69, 9.17) is 0 Å². The van der Waals surface area contributed by atoms with Crippen LogP contribution in [0.15, 0.2) is 83.6 Å². The van der Waals surface area contributed by atoms with Crippen molar-refractivity contribution >= 4 is 39.7 Å². The van der Waals surface area contributed by atoms with E-state index in [0.717, 1.165) is 27.8 Å². The van der Waals surface area contributed by atoms with Gasteiger partial charge in [-0.3, -0.25) is 4.90 Å². The molecule has 0 fully saturated rings. The minimum atomic E-state index is -0.300. The number of hydrogen-bond acceptors (Lipinski definition) is 3. The lowest BCUT2D eigenvalue weighted by molar-refractivity contribution is 0.257. The van der Waals surface area contributed by atoms with Gasteiger partial charge in [0.25, 0.3) is 0 Å². The Bertz CT molecular complexity index is 1070. The molecule has 2 aliphatic heterocycles. The fourth-order valence-corrected chi connectivity index (χ4v) is 3.20. The van der Waals surface area contributed by atoms with Crippen LogP contribution in [0.2, 0.25) is 0 Å². The molecular formula is C20H14N4O. The molecule has 0 saturated heterocycles. The largest absolute Gasteiger partial charge is 0.358 e. The van der Waals surface area contributed by atoms with Crippen LogP contribution < -0.4 is 15.5 Å². The normalized spacial score (nSPS) is 15.5. The van der Waals surface area contributed by atoms with Crippen molar-refractivity contribution in [3.8, 4) is 0 Å². The van der Waals surface area contributed by atoms with Gasteiger partial charge >= 0.3 is 6.03 Å². The van der Waals surface area contributed by atoms with E-state index in [1.165, 1.54) is 0 Å². The smallest absolute Gasteiger partial charge is 0.354 e. The standard InChI is InChI=1S/C20H14N4O/c25-20-23-19-18(24(20)15-8-2-1-3-9-15)12-21-16-10-13-6-4-5-7-14(13)11-17(16)22-19/h1-12,21H,(H,22,23,25). The fraction of sp³-hybridized carbons (Fsp3) is 0. The van der Waals surface area contributed by atoms with Crippen LogP contribution in [0.5, 0.6) is 0 Å². The average molecular weight is 326 g/mol. The van der Waals surface area contributed by atoms with Gasteiger partial charge < -0.3 is 10.6 Å². The summed E-state index contributed by atoms with van der Waals surface area (Å²) in [5.41, 5.74) is 3.34. The molecule has 2 N–H and O–H groups in total. The summed E-state index contributed by atoms with van der Waals surface area (Å²) >= 11 is 0. The maximum Gasteiger partial charge on any atom is 0.354 e. The molecular weight excluding hydrogens is 312 g/mol. The topological polar surface area (TPSA) is 56.7 Å². The van der Waals surface area contributed by atoms with Crippen LogP contribution in [0, 0.1) is 0 Å².